The Morgan fingerprint density at radius 1 is 1.18 bits per heavy atom. The van der Waals surface area contributed by atoms with Crippen molar-refractivity contribution in [3.8, 4) is 11.3 Å². The van der Waals surface area contributed by atoms with Crippen LogP contribution >= 0.6 is 0 Å². The van der Waals surface area contributed by atoms with Gasteiger partial charge in [0.1, 0.15) is 5.52 Å². The zero-order valence-electron chi connectivity index (χ0n) is 20.4. The van der Waals surface area contributed by atoms with Crippen molar-refractivity contribution in [2.24, 2.45) is 5.92 Å². The van der Waals surface area contributed by atoms with E-state index in [2.05, 4.69) is 54.4 Å². The minimum absolute atomic E-state index is 0.00197. The lowest BCUT2D eigenvalue weighted by molar-refractivity contribution is -0.125. The summed E-state index contributed by atoms with van der Waals surface area (Å²) in [5.74, 6) is 1.09. The number of anilines is 1. The van der Waals surface area contributed by atoms with E-state index in [4.69, 9.17) is 10.1 Å². The number of aryl methyl sites for hydroxylation is 2. The fraction of sp³-hybridized carbons (Fsp3) is 0.464. The van der Waals surface area contributed by atoms with Crippen LogP contribution in [0, 0.1) is 19.8 Å². The van der Waals surface area contributed by atoms with Gasteiger partial charge in [-0.15, -0.1) is 0 Å². The first-order valence-corrected chi connectivity index (χ1v) is 12.7. The van der Waals surface area contributed by atoms with Gasteiger partial charge in [-0.1, -0.05) is 35.4 Å². The number of aromatic nitrogens is 3. The Hall–Kier alpha value is -3.15. The highest BCUT2D eigenvalue weighted by Crippen LogP contribution is 2.30. The molecule has 3 aromatic rings. The Morgan fingerprint density at radius 3 is 2.91 bits per heavy atom. The fourth-order valence-electron chi connectivity index (χ4n) is 5.39. The Bertz CT molecular complexity index is 1210. The highest BCUT2D eigenvalue weighted by atomic mass is 16.1. The smallest absolute Gasteiger partial charge is 0.224 e. The number of rotatable bonds is 6. The Balaban J connectivity index is 1.29. The van der Waals surface area contributed by atoms with Gasteiger partial charge in [0.2, 0.25) is 5.91 Å². The third-order valence-electron chi connectivity index (χ3n) is 7.25. The van der Waals surface area contributed by atoms with E-state index in [9.17, 15) is 4.79 Å². The SMILES string of the molecule is Cc1ccc(-c2cc3c(N4CCC[C@H](C(=O)NCCC5=CCCCC5)C4)nccn3n2)c(C)c1. The number of carbonyl (C=O) groups excluding carboxylic acids is 1. The molecule has 6 heteroatoms. The Labute approximate surface area is 202 Å². The number of amides is 1. The molecular weight excluding hydrogens is 422 g/mol. The summed E-state index contributed by atoms with van der Waals surface area (Å²) in [5, 5.41) is 8.03. The minimum Gasteiger partial charge on any atom is -0.355 e. The molecule has 1 aliphatic heterocycles. The molecule has 1 fully saturated rings. The van der Waals surface area contributed by atoms with Gasteiger partial charge in [-0.2, -0.15) is 5.10 Å². The monoisotopic (exact) mass is 457 g/mol. The molecule has 3 heterocycles. The van der Waals surface area contributed by atoms with Crippen LogP contribution in [0.3, 0.4) is 0 Å². The third kappa shape index (κ3) is 4.86. The average molecular weight is 458 g/mol. The summed E-state index contributed by atoms with van der Waals surface area (Å²) in [4.78, 5) is 19.9. The highest BCUT2D eigenvalue weighted by Gasteiger charge is 2.27. The number of fused-ring (bicyclic) bond motifs is 1. The van der Waals surface area contributed by atoms with Crippen LogP contribution in [0.4, 0.5) is 5.82 Å². The van der Waals surface area contributed by atoms with Gasteiger partial charge in [-0.25, -0.2) is 9.50 Å². The summed E-state index contributed by atoms with van der Waals surface area (Å²) in [6, 6.07) is 8.59. The fourth-order valence-corrected chi connectivity index (χ4v) is 5.39. The van der Waals surface area contributed by atoms with Crippen molar-refractivity contribution in [1.82, 2.24) is 19.9 Å². The van der Waals surface area contributed by atoms with Crippen molar-refractivity contribution in [1.29, 1.82) is 0 Å². The molecule has 1 N–H and O–H groups in total. The maximum absolute atomic E-state index is 12.9. The Morgan fingerprint density at radius 2 is 2.09 bits per heavy atom. The molecule has 2 aromatic heterocycles. The van der Waals surface area contributed by atoms with Crippen molar-refractivity contribution in [2.75, 3.05) is 24.5 Å². The van der Waals surface area contributed by atoms with Gasteiger partial charge in [0, 0.05) is 37.6 Å². The zero-order chi connectivity index (χ0) is 23.5. The summed E-state index contributed by atoms with van der Waals surface area (Å²) in [7, 11) is 0. The quantitative estimate of drug-likeness (QED) is 0.515. The first kappa shape index (κ1) is 22.6. The van der Waals surface area contributed by atoms with Crippen LogP contribution in [0.1, 0.15) is 56.1 Å². The molecule has 6 nitrogen and oxygen atoms in total. The number of hydrogen-bond donors (Lipinski definition) is 1. The molecule has 2 aliphatic rings. The number of carbonyl (C=O) groups is 1. The number of nitrogens with zero attached hydrogens (tertiary/aromatic N) is 4. The second-order valence-electron chi connectivity index (χ2n) is 9.86. The van der Waals surface area contributed by atoms with Crippen LogP contribution in [0.25, 0.3) is 16.8 Å². The van der Waals surface area contributed by atoms with E-state index in [-0.39, 0.29) is 11.8 Å². The lowest BCUT2D eigenvalue weighted by Crippen LogP contribution is -2.43. The highest BCUT2D eigenvalue weighted by molar-refractivity contribution is 5.81. The van der Waals surface area contributed by atoms with Crippen LogP contribution in [-0.4, -0.2) is 40.1 Å². The number of benzene rings is 1. The van der Waals surface area contributed by atoms with Crippen LogP contribution < -0.4 is 10.2 Å². The summed E-state index contributed by atoms with van der Waals surface area (Å²) >= 11 is 0. The summed E-state index contributed by atoms with van der Waals surface area (Å²) < 4.78 is 1.92. The van der Waals surface area contributed by atoms with Gasteiger partial charge in [-0.3, -0.25) is 4.79 Å². The van der Waals surface area contributed by atoms with Gasteiger partial charge in [0.15, 0.2) is 5.82 Å². The molecule has 34 heavy (non-hydrogen) atoms. The van der Waals surface area contributed by atoms with E-state index in [0.29, 0.717) is 6.54 Å². The van der Waals surface area contributed by atoms with Crippen molar-refractivity contribution in [3.63, 3.8) is 0 Å². The first-order chi connectivity index (χ1) is 16.6. The van der Waals surface area contributed by atoms with Crippen molar-refractivity contribution >= 4 is 17.2 Å². The maximum Gasteiger partial charge on any atom is 0.224 e. The number of piperidine rings is 1. The average Bonchev–Trinajstić information content (AvgIpc) is 3.29. The second kappa shape index (κ2) is 10.00. The Kier molecular flexibility index (Phi) is 6.66. The predicted molar refractivity (Wildman–Crippen MR) is 137 cm³/mol. The molecule has 178 valence electrons. The van der Waals surface area contributed by atoms with Crippen molar-refractivity contribution < 1.29 is 4.79 Å². The molecule has 1 saturated heterocycles. The maximum atomic E-state index is 12.9. The number of allylic oxidation sites excluding steroid dienone is 1. The van der Waals surface area contributed by atoms with Gasteiger partial charge >= 0.3 is 0 Å². The van der Waals surface area contributed by atoms with Gasteiger partial charge in [0.05, 0.1) is 11.6 Å². The lowest BCUT2D eigenvalue weighted by Gasteiger charge is -2.33. The molecule has 0 radical (unpaired) electrons. The van der Waals surface area contributed by atoms with Crippen LogP contribution in [0.5, 0.6) is 0 Å². The minimum atomic E-state index is -0.00197. The molecule has 0 spiro atoms. The molecule has 0 unspecified atom stereocenters. The van der Waals surface area contributed by atoms with E-state index in [1.165, 1.54) is 42.4 Å². The molecule has 0 bridgehead atoms. The lowest BCUT2D eigenvalue weighted by atomic mass is 9.96. The largest absolute Gasteiger partial charge is 0.355 e. The number of hydrogen-bond acceptors (Lipinski definition) is 4. The molecule has 5 rings (SSSR count). The molecular formula is C28H35N5O. The predicted octanol–water partition coefficient (Wildman–Crippen LogP) is 5.24. The van der Waals surface area contributed by atoms with E-state index in [1.54, 1.807) is 0 Å². The van der Waals surface area contributed by atoms with Crippen LogP contribution in [0.15, 0.2) is 48.3 Å². The first-order valence-electron chi connectivity index (χ1n) is 12.7. The molecule has 1 atom stereocenters. The second-order valence-corrected chi connectivity index (χ2v) is 9.86. The van der Waals surface area contributed by atoms with E-state index >= 15 is 0 Å². The molecule has 1 aromatic carbocycles. The van der Waals surface area contributed by atoms with Crippen LogP contribution in [-0.2, 0) is 4.79 Å². The van der Waals surface area contributed by atoms with E-state index in [0.717, 1.165) is 54.9 Å². The third-order valence-corrected chi connectivity index (χ3v) is 7.25. The summed E-state index contributed by atoms with van der Waals surface area (Å²) in [6.07, 6.45) is 14.0. The van der Waals surface area contributed by atoms with Crippen molar-refractivity contribution in [3.05, 3.63) is 59.4 Å². The normalized spacial score (nSPS) is 18.7. The van der Waals surface area contributed by atoms with Crippen LogP contribution in [0.2, 0.25) is 0 Å². The van der Waals surface area contributed by atoms with Gasteiger partial charge < -0.3 is 10.2 Å². The van der Waals surface area contributed by atoms with Gasteiger partial charge in [0.25, 0.3) is 0 Å². The summed E-state index contributed by atoms with van der Waals surface area (Å²) in [6.45, 7) is 6.60. The van der Waals surface area contributed by atoms with E-state index < -0.39 is 0 Å². The molecule has 0 saturated carbocycles. The van der Waals surface area contributed by atoms with E-state index in [1.807, 2.05) is 16.9 Å². The topological polar surface area (TPSA) is 62.5 Å². The number of nitrogens with one attached hydrogen (secondary N) is 1. The molecule has 1 amide bonds. The van der Waals surface area contributed by atoms with Crippen molar-refractivity contribution in [2.45, 2.75) is 58.8 Å². The zero-order valence-corrected chi connectivity index (χ0v) is 20.4. The summed E-state index contributed by atoms with van der Waals surface area (Å²) in [5.41, 5.74) is 7.06. The standard InChI is InChI=1S/C28H35N5O/c1-20-10-11-24(21(2)17-20)25-18-26-27(29-14-16-33(26)31-25)32-15-6-9-23(19-32)28(34)30-13-12-22-7-4-3-5-8-22/h7,10-11,14,16-18,23H,3-6,8-9,12-13,15,19H2,1-2H3,(H,30,34)/t23-/m0/s1. The van der Waals surface area contributed by atoms with Gasteiger partial charge in [-0.05, 0) is 70.4 Å². The molecule has 1 aliphatic carbocycles.